The normalized spacial score (nSPS) is 17.8. The number of aryl methyl sites for hydroxylation is 1. The maximum absolute atomic E-state index is 5.04. The van der Waals surface area contributed by atoms with Crippen molar-refractivity contribution >= 4 is 11.3 Å². The number of piperazine rings is 1. The van der Waals surface area contributed by atoms with Crippen molar-refractivity contribution in [2.24, 2.45) is 0 Å². The lowest BCUT2D eigenvalue weighted by Crippen LogP contribution is -2.43. The first-order chi connectivity index (χ1) is 9.69. The highest BCUT2D eigenvalue weighted by Crippen LogP contribution is 2.19. The number of hydrogen-bond acceptors (Lipinski definition) is 6. The van der Waals surface area contributed by atoms with Crippen LogP contribution in [0.4, 0.5) is 0 Å². The van der Waals surface area contributed by atoms with Crippen LogP contribution in [0.25, 0.3) is 0 Å². The minimum absolute atomic E-state index is 0.756. The zero-order valence-corrected chi connectivity index (χ0v) is 13.6. The molecule has 1 fully saturated rings. The van der Waals surface area contributed by atoms with Crippen molar-refractivity contribution < 1.29 is 4.74 Å². The van der Waals surface area contributed by atoms with Gasteiger partial charge in [0.2, 0.25) is 0 Å². The average Bonchev–Trinajstić information content (AvgIpc) is 2.78. The van der Waals surface area contributed by atoms with Gasteiger partial charge in [-0.3, -0.25) is 4.90 Å². The van der Waals surface area contributed by atoms with E-state index in [0.717, 1.165) is 52.4 Å². The number of hydrogen-bond donors (Lipinski definition) is 1. The van der Waals surface area contributed by atoms with Gasteiger partial charge in [0.1, 0.15) is 5.01 Å². The van der Waals surface area contributed by atoms with Crippen molar-refractivity contribution in [1.82, 2.24) is 20.1 Å². The summed E-state index contributed by atoms with van der Waals surface area (Å²) in [6.07, 6.45) is 0. The number of likely N-dealkylation sites (N-methyl/N-ethyl adjacent to an activating group) is 1. The van der Waals surface area contributed by atoms with Crippen LogP contribution in [-0.4, -0.2) is 68.3 Å². The van der Waals surface area contributed by atoms with Crippen LogP contribution in [0, 0.1) is 6.92 Å². The van der Waals surface area contributed by atoms with E-state index in [1.807, 2.05) is 11.3 Å². The molecular formula is C14H26N4OS. The van der Waals surface area contributed by atoms with Crippen LogP contribution in [0.5, 0.6) is 0 Å². The molecule has 2 rings (SSSR count). The van der Waals surface area contributed by atoms with Gasteiger partial charge in [-0.2, -0.15) is 0 Å². The van der Waals surface area contributed by atoms with Crippen molar-refractivity contribution in [2.75, 3.05) is 53.5 Å². The summed E-state index contributed by atoms with van der Waals surface area (Å²) in [5, 5.41) is 4.64. The Hall–Kier alpha value is -0.530. The number of nitrogens with zero attached hydrogens (tertiary/aromatic N) is 3. The highest BCUT2D eigenvalue weighted by Gasteiger charge is 2.16. The Morgan fingerprint density at radius 2 is 2.05 bits per heavy atom. The van der Waals surface area contributed by atoms with E-state index < -0.39 is 0 Å². The van der Waals surface area contributed by atoms with Gasteiger partial charge >= 0.3 is 0 Å². The van der Waals surface area contributed by atoms with Gasteiger partial charge in [-0.05, 0) is 14.0 Å². The second-order valence-corrected chi connectivity index (χ2v) is 6.53. The first-order valence-corrected chi connectivity index (χ1v) is 8.06. The molecule has 20 heavy (non-hydrogen) atoms. The maximum atomic E-state index is 5.04. The summed E-state index contributed by atoms with van der Waals surface area (Å²) in [5.74, 6) is 0. The molecule has 114 valence electrons. The molecule has 0 radical (unpaired) electrons. The van der Waals surface area contributed by atoms with Gasteiger partial charge in [-0.25, -0.2) is 4.98 Å². The molecule has 6 heteroatoms. The highest BCUT2D eigenvalue weighted by atomic mass is 32.1. The van der Waals surface area contributed by atoms with Crippen LogP contribution in [0.2, 0.25) is 0 Å². The Morgan fingerprint density at radius 3 is 2.75 bits per heavy atom. The largest absolute Gasteiger partial charge is 0.383 e. The smallest absolute Gasteiger partial charge is 0.107 e. The quantitative estimate of drug-likeness (QED) is 0.759. The molecule has 0 amide bonds. The molecule has 0 aliphatic carbocycles. The predicted molar refractivity (Wildman–Crippen MR) is 83.2 cm³/mol. The van der Waals surface area contributed by atoms with E-state index in [4.69, 9.17) is 9.72 Å². The molecule has 0 unspecified atom stereocenters. The minimum atomic E-state index is 0.756. The molecule has 1 saturated heterocycles. The van der Waals surface area contributed by atoms with Gasteiger partial charge in [0, 0.05) is 51.3 Å². The zero-order valence-electron chi connectivity index (χ0n) is 12.8. The predicted octanol–water partition coefficient (Wildman–Crippen LogP) is 0.935. The van der Waals surface area contributed by atoms with E-state index in [1.54, 1.807) is 7.11 Å². The van der Waals surface area contributed by atoms with Crippen molar-refractivity contribution in [3.63, 3.8) is 0 Å². The van der Waals surface area contributed by atoms with Gasteiger partial charge in [-0.15, -0.1) is 11.3 Å². The van der Waals surface area contributed by atoms with Gasteiger partial charge in [-0.1, -0.05) is 0 Å². The first-order valence-electron chi connectivity index (χ1n) is 7.24. The fourth-order valence-corrected chi connectivity index (χ4v) is 3.38. The Balaban J connectivity index is 1.80. The fourth-order valence-electron chi connectivity index (χ4n) is 2.29. The zero-order chi connectivity index (χ0) is 14.4. The SMILES string of the molecule is COCCNCc1sc(CN2CCN(C)CC2)nc1C. The Morgan fingerprint density at radius 1 is 1.30 bits per heavy atom. The molecule has 1 aliphatic rings. The van der Waals surface area contributed by atoms with Crippen LogP contribution in [0.3, 0.4) is 0 Å². The highest BCUT2D eigenvalue weighted by molar-refractivity contribution is 7.11. The number of rotatable bonds is 7. The van der Waals surface area contributed by atoms with Gasteiger partial charge < -0.3 is 15.0 Å². The molecule has 2 heterocycles. The van der Waals surface area contributed by atoms with E-state index in [0.29, 0.717) is 0 Å². The number of ether oxygens (including phenoxy) is 1. The van der Waals surface area contributed by atoms with Crippen LogP contribution < -0.4 is 5.32 Å². The summed E-state index contributed by atoms with van der Waals surface area (Å²) in [5.41, 5.74) is 1.17. The summed E-state index contributed by atoms with van der Waals surface area (Å²) >= 11 is 1.84. The first kappa shape index (κ1) is 15.9. The molecule has 0 spiro atoms. The number of thiazole rings is 1. The third-order valence-electron chi connectivity index (χ3n) is 3.66. The summed E-state index contributed by atoms with van der Waals surface area (Å²) in [6.45, 7) is 10.3. The molecular weight excluding hydrogens is 272 g/mol. The lowest BCUT2D eigenvalue weighted by molar-refractivity contribution is 0.148. The van der Waals surface area contributed by atoms with Crippen LogP contribution >= 0.6 is 11.3 Å². The standard InChI is InChI=1S/C14H26N4OS/c1-12-13(10-15-4-9-19-3)20-14(16-12)11-18-7-5-17(2)6-8-18/h15H,4-11H2,1-3H3. The molecule has 0 atom stereocenters. The summed E-state index contributed by atoms with van der Waals surface area (Å²) in [4.78, 5) is 11.0. The van der Waals surface area contributed by atoms with Crippen LogP contribution in [-0.2, 0) is 17.8 Å². The second-order valence-electron chi connectivity index (χ2n) is 5.37. The van der Waals surface area contributed by atoms with Crippen molar-refractivity contribution in [3.05, 3.63) is 15.6 Å². The summed E-state index contributed by atoms with van der Waals surface area (Å²) in [7, 11) is 3.92. The van der Waals surface area contributed by atoms with Crippen LogP contribution in [0.15, 0.2) is 0 Å². The Labute approximate surface area is 125 Å². The molecule has 1 aromatic rings. The summed E-state index contributed by atoms with van der Waals surface area (Å²) < 4.78 is 5.04. The van der Waals surface area contributed by atoms with E-state index in [-0.39, 0.29) is 0 Å². The topological polar surface area (TPSA) is 40.6 Å². The average molecular weight is 298 g/mol. The van der Waals surface area contributed by atoms with E-state index in [1.165, 1.54) is 15.6 Å². The minimum Gasteiger partial charge on any atom is -0.383 e. The molecule has 1 aromatic heterocycles. The number of methoxy groups -OCH3 is 1. The van der Waals surface area contributed by atoms with Crippen LogP contribution in [0.1, 0.15) is 15.6 Å². The van der Waals surface area contributed by atoms with E-state index >= 15 is 0 Å². The van der Waals surface area contributed by atoms with Gasteiger partial charge in [0.05, 0.1) is 18.8 Å². The van der Waals surface area contributed by atoms with Crippen molar-refractivity contribution in [2.45, 2.75) is 20.0 Å². The Kier molecular flexibility index (Phi) is 6.38. The molecule has 1 aliphatic heterocycles. The molecule has 0 bridgehead atoms. The summed E-state index contributed by atoms with van der Waals surface area (Å²) in [6, 6.07) is 0. The van der Waals surface area contributed by atoms with E-state index in [9.17, 15) is 0 Å². The second kappa shape index (κ2) is 8.05. The number of aromatic nitrogens is 1. The maximum Gasteiger partial charge on any atom is 0.107 e. The third-order valence-corrected chi connectivity index (χ3v) is 4.80. The number of nitrogens with one attached hydrogen (secondary N) is 1. The lowest BCUT2D eigenvalue weighted by Gasteiger charge is -2.31. The fraction of sp³-hybridized carbons (Fsp3) is 0.786. The molecule has 5 nitrogen and oxygen atoms in total. The lowest BCUT2D eigenvalue weighted by atomic mass is 10.3. The van der Waals surface area contributed by atoms with Crippen molar-refractivity contribution in [1.29, 1.82) is 0 Å². The van der Waals surface area contributed by atoms with Gasteiger partial charge in [0.25, 0.3) is 0 Å². The van der Waals surface area contributed by atoms with E-state index in [2.05, 4.69) is 29.1 Å². The Bertz CT molecular complexity index is 402. The van der Waals surface area contributed by atoms with Crippen molar-refractivity contribution in [3.8, 4) is 0 Å². The molecule has 0 aromatic carbocycles. The monoisotopic (exact) mass is 298 g/mol. The molecule has 1 N–H and O–H groups in total. The third kappa shape index (κ3) is 4.79. The van der Waals surface area contributed by atoms with Gasteiger partial charge in [0.15, 0.2) is 0 Å². The molecule has 0 saturated carbocycles.